The van der Waals surface area contributed by atoms with Gasteiger partial charge >= 0.3 is 5.97 Å². The first kappa shape index (κ1) is 15.6. The third-order valence-electron chi connectivity index (χ3n) is 2.30. The molecular formula is C11H23NO3S. The molecule has 0 saturated heterocycles. The molecule has 0 saturated carbocycles. The highest BCUT2D eigenvalue weighted by Gasteiger charge is 2.14. The van der Waals surface area contributed by atoms with Crippen LogP contribution in [0.2, 0.25) is 0 Å². The Labute approximate surface area is 101 Å². The van der Waals surface area contributed by atoms with Crippen LogP contribution in [0.1, 0.15) is 27.2 Å². The molecule has 3 unspecified atom stereocenters. The summed E-state index contributed by atoms with van der Waals surface area (Å²) in [5.41, 5.74) is 0. The van der Waals surface area contributed by atoms with Crippen LogP contribution in [-0.4, -0.2) is 41.4 Å². The largest absolute Gasteiger partial charge is 0.466 e. The van der Waals surface area contributed by atoms with Crippen LogP contribution in [0.3, 0.4) is 0 Å². The van der Waals surface area contributed by atoms with Gasteiger partial charge in [0.2, 0.25) is 0 Å². The van der Waals surface area contributed by atoms with Crippen molar-refractivity contribution < 1.29 is 13.7 Å². The molecule has 0 fully saturated rings. The standard InChI is InChI=1S/C11H23NO3S/c1-5-15-11(13)9(2)8-12-10(3)6-7-16(4)14/h9-10,12H,5-8H2,1-4H3. The van der Waals surface area contributed by atoms with Crippen molar-refractivity contribution in [2.24, 2.45) is 5.92 Å². The second-order valence-corrected chi connectivity index (χ2v) is 5.58. The summed E-state index contributed by atoms with van der Waals surface area (Å²) in [6.45, 7) is 6.71. The average Bonchev–Trinajstić information content (AvgIpc) is 2.23. The SMILES string of the molecule is CCOC(=O)C(C)CNC(C)CCS(C)=O. The van der Waals surface area contributed by atoms with Crippen molar-refractivity contribution >= 4 is 16.8 Å². The lowest BCUT2D eigenvalue weighted by Gasteiger charge is -2.16. The first-order valence-corrected chi connectivity index (χ1v) is 7.40. The Morgan fingerprint density at radius 2 is 2.06 bits per heavy atom. The molecule has 0 spiro atoms. The Hall–Kier alpha value is -0.420. The summed E-state index contributed by atoms with van der Waals surface area (Å²) in [6.07, 6.45) is 2.56. The fraction of sp³-hybridized carbons (Fsp3) is 0.909. The van der Waals surface area contributed by atoms with Gasteiger partial charge in [0.05, 0.1) is 12.5 Å². The summed E-state index contributed by atoms with van der Waals surface area (Å²) in [5, 5.41) is 3.24. The first-order chi connectivity index (χ1) is 7.47. The van der Waals surface area contributed by atoms with E-state index in [1.54, 1.807) is 13.2 Å². The van der Waals surface area contributed by atoms with Crippen molar-refractivity contribution in [3.8, 4) is 0 Å². The normalized spacial score (nSPS) is 16.5. The van der Waals surface area contributed by atoms with Crippen LogP contribution in [0.25, 0.3) is 0 Å². The van der Waals surface area contributed by atoms with Crippen molar-refractivity contribution in [2.75, 3.05) is 25.2 Å². The number of ether oxygens (including phenoxy) is 1. The van der Waals surface area contributed by atoms with Crippen LogP contribution in [0.4, 0.5) is 0 Å². The van der Waals surface area contributed by atoms with Gasteiger partial charge in [0.15, 0.2) is 0 Å². The van der Waals surface area contributed by atoms with Crippen molar-refractivity contribution in [1.29, 1.82) is 0 Å². The highest BCUT2D eigenvalue weighted by molar-refractivity contribution is 7.84. The summed E-state index contributed by atoms with van der Waals surface area (Å²) in [7, 11) is -0.744. The quantitative estimate of drug-likeness (QED) is 0.650. The molecule has 0 aliphatic carbocycles. The maximum Gasteiger partial charge on any atom is 0.309 e. The minimum absolute atomic E-state index is 0.130. The lowest BCUT2D eigenvalue weighted by atomic mass is 10.1. The molecule has 1 N–H and O–H groups in total. The van der Waals surface area contributed by atoms with E-state index >= 15 is 0 Å². The second-order valence-electron chi connectivity index (χ2n) is 4.03. The smallest absolute Gasteiger partial charge is 0.309 e. The monoisotopic (exact) mass is 249 g/mol. The number of esters is 1. The number of hydrogen-bond donors (Lipinski definition) is 1. The Morgan fingerprint density at radius 3 is 2.56 bits per heavy atom. The first-order valence-electron chi connectivity index (χ1n) is 5.67. The van der Waals surface area contributed by atoms with Crippen molar-refractivity contribution in [3.05, 3.63) is 0 Å². The fourth-order valence-electron chi connectivity index (χ4n) is 1.19. The van der Waals surface area contributed by atoms with Gasteiger partial charge in [-0.1, -0.05) is 6.92 Å². The molecule has 4 nitrogen and oxygen atoms in total. The molecule has 0 radical (unpaired) electrons. The minimum Gasteiger partial charge on any atom is -0.466 e. The van der Waals surface area contributed by atoms with Crippen LogP contribution in [-0.2, 0) is 20.3 Å². The Morgan fingerprint density at radius 1 is 1.44 bits per heavy atom. The van der Waals surface area contributed by atoms with Gasteiger partial charge in [0.1, 0.15) is 0 Å². The van der Waals surface area contributed by atoms with Crippen LogP contribution < -0.4 is 5.32 Å². The Kier molecular flexibility index (Phi) is 8.47. The predicted octanol–water partition coefficient (Wildman–Crippen LogP) is 0.932. The van der Waals surface area contributed by atoms with Gasteiger partial charge in [-0.05, 0) is 20.3 Å². The van der Waals surface area contributed by atoms with Crippen LogP contribution in [0, 0.1) is 5.92 Å². The summed E-state index contributed by atoms with van der Waals surface area (Å²) < 4.78 is 15.8. The van der Waals surface area contributed by atoms with E-state index in [0.29, 0.717) is 18.9 Å². The molecule has 3 atom stereocenters. The van der Waals surface area contributed by atoms with E-state index in [-0.39, 0.29) is 17.9 Å². The minimum atomic E-state index is -0.744. The van der Waals surface area contributed by atoms with Gasteiger partial charge in [-0.3, -0.25) is 9.00 Å². The number of rotatable bonds is 8. The molecule has 16 heavy (non-hydrogen) atoms. The molecular weight excluding hydrogens is 226 g/mol. The lowest BCUT2D eigenvalue weighted by molar-refractivity contribution is -0.147. The predicted molar refractivity (Wildman–Crippen MR) is 66.8 cm³/mol. The molecule has 0 amide bonds. The third kappa shape index (κ3) is 7.82. The molecule has 0 rings (SSSR count). The fourth-order valence-corrected chi connectivity index (χ4v) is 1.88. The van der Waals surface area contributed by atoms with Crippen molar-refractivity contribution in [3.63, 3.8) is 0 Å². The van der Waals surface area contributed by atoms with Crippen molar-refractivity contribution in [1.82, 2.24) is 5.32 Å². The number of nitrogens with one attached hydrogen (secondary N) is 1. The van der Waals surface area contributed by atoms with Gasteiger partial charge in [-0.15, -0.1) is 0 Å². The van der Waals surface area contributed by atoms with Gasteiger partial charge < -0.3 is 10.1 Å². The van der Waals surface area contributed by atoms with E-state index in [4.69, 9.17) is 4.74 Å². The number of carbonyl (C=O) groups excluding carboxylic acids is 1. The molecule has 0 aliphatic rings. The molecule has 0 aromatic rings. The number of carbonyl (C=O) groups is 1. The summed E-state index contributed by atoms with van der Waals surface area (Å²) >= 11 is 0. The van der Waals surface area contributed by atoms with E-state index < -0.39 is 10.8 Å². The summed E-state index contributed by atoms with van der Waals surface area (Å²) in [6, 6.07) is 0.278. The van der Waals surface area contributed by atoms with Crippen LogP contribution in [0.5, 0.6) is 0 Å². The Bertz CT molecular complexity index is 233. The molecule has 96 valence electrons. The molecule has 0 aromatic carbocycles. The van der Waals surface area contributed by atoms with Crippen LogP contribution >= 0.6 is 0 Å². The van der Waals surface area contributed by atoms with Gasteiger partial charge in [0, 0.05) is 35.4 Å². The molecule has 0 aliphatic heterocycles. The van der Waals surface area contributed by atoms with Gasteiger partial charge in [0.25, 0.3) is 0 Å². The second kappa shape index (κ2) is 8.70. The third-order valence-corrected chi connectivity index (χ3v) is 3.11. The molecule has 0 heterocycles. The molecule has 5 heteroatoms. The maximum absolute atomic E-state index is 11.3. The lowest BCUT2D eigenvalue weighted by Crippen LogP contribution is -2.34. The van der Waals surface area contributed by atoms with Gasteiger partial charge in [-0.25, -0.2) is 0 Å². The van der Waals surface area contributed by atoms with E-state index in [0.717, 1.165) is 6.42 Å². The van der Waals surface area contributed by atoms with Crippen LogP contribution in [0.15, 0.2) is 0 Å². The topological polar surface area (TPSA) is 55.4 Å². The maximum atomic E-state index is 11.3. The molecule has 0 bridgehead atoms. The number of hydrogen-bond acceptors (Lipinski definition) is 4. The van der Waals surface area contributed by atoms with E-state index in [1.807, 2.05) is 13.8 Å². The Balaban J connectivity index is 3.69. The van der Waals surface area contributed by atoms with Crippen molar-refractivity contribution in [2.45, 2.75) is 33.2 Å². The highest BCUT2D eigenvalue weighted by atomic mass is 32.2. The highest BCUT2D eigenvalue weighted by Crippen LogP contribution is 1.99. The summed E-state index contributed by atoms with van der Waals surface area (Å²) in [4.78, 5) is 11.3. The zero-order valence-electron chi connectivity index (χ0n) is 10.6. The van der Waals surface area contributed by atoms with E-state index in [2.05, 4.69) is 5.32 Å². The van der Waals surface area contributed by atoms with Gasteiger partial charge in [-0.2, -0.15) is 0 Å². The molecule has 0 aromatic heterocycles. The summed E-state index contributed by atoms with van der Waals surface area (Å²) in [5.74, 6) is 0.401. The zero-order chi connectivity index (χ0) is 12.6. The van der Waals surface area contributed by atoms with E-state index in [1.165, 1.54) is 0 Å². The average molecular weight is 249 g/mol. The van der Waals surface area contributed by atoms with E-state index in [9.17, 15) is 9.00 Å². The zero-order valence-corrected chi connectivity index (χ0v) is 11.4.